The monoisotopic (exact) mass is 353 g/mol. The number of hydrogen-bond donors (Lipinski definition) is 2. The molecule has 128 valence electrons. The van der Waals surface area contributed by atoms with Gasteiger partial charge in [-0.3, -0.25) is 0 Å². The number of aliphatic hydroxyl groups is 1. The summed E-state index contributed by atoms with van der Waals surface area (Å²) in [7, 11) is -4.80. The van der Waals surface area contributed by atoms with Gasteiger partial charge in [-0.05, 0) is 26.0 Å². The van der Waals surface area contributed by atoms with E-state index in [9.17, 15) is 26.7 Å². The van der Waals surface area contributed by atoms with Crippen molar-refractivity contribution in [2.24, 2.45) is 0 Å². The highest BCUT2D eigenvalue weighted by Crippen LogP contribution is 2.49. The Balaban J connectivity index is 2.83. The van der Waals surface area contributed by atoms with Crippen molar-refractivity contribution in [2.45, 2.75) is 31.3 Å². The summed E-state index contributed by atoms with van der Waals surface area (Å²) < 4.78 is 65.7. The first kappa shape index (κ1) is 17.7. The van der Waals surface area contributed by atoms with Gasteiger partial charge in [-0.15, -0.1) is 0 Å². The Labute approximate surface area is 130 Å². The van der Waals surface area contributed by atoms with Gasteiger partial charge >= 0.3 is 11.9 Å². The average molecular weight is 353 g/mol. The summed E-state index contributed by atoms with van der Waals surface area (Å²) in [6.45, 7) is 2.03. The van der Waals surface area contributed by atoms with E-state index in [4.69, 9.17) is 5.26 Å². The quantitative estimate of drug-likeness (QED) is 0.643. The zero-order chi connectivity index (χ0) is 17.7. The normalized spacial score (nSPS) is 24.7. The van der Waals surface area contributed by atoms with Crippen LogP contribution in [0, 0.1) is 0 Å². The highest BCUT2D eigenvalue weighted by molar-refractivity contribution is 7.97. The van der Waals surface area contributed by atoms with E-state index in [0.717, 1.165) is 26.0 Å². The van der Waals surface area contributed by atoms with Crippen molar-refractivity contribution in [3.63, 3.8) is 0 Å². The molecular weight excluding hydrogens is 339 g/mol. The van der Waals surface area contributed by atoms with Gasteiger partial charge in [0.2, 0.25) is 0 Å². The summed E-state index contributed by atoms with van der Waals surface area (Å²) in [6.07, 6.45) is -5.15. The number of para-hydroxylation sites is 1. The maximum atomic E-state index is 13.5. The Morgan fingerprint density at radius 2 is 1.70 bits per heavy atom. The molecule has 1 heterocycles. The Morgan fingerprint density at radius 1 is 1.17 bits per heavy atom. The van der Waals surface area contributed by atoms with Gasteiger partial charge < -0.3 is 5.11 Å². The second kappa shape index (κ2) is 5.20. The summed E-state index contributed by atoms with van der Waals surface area (Å²) >= 11 is 0. The summed E-state index contributed by atoms with van der Waals surface area (Å²) in [5.41, 5.74) is -6.16. The second-order valence-corrected chi connectivity index (χ2v) is 7.21. The number of anilines is 1. The SMILES string of the molecule is CC(C)(O)C1=CC(OO)(C(F)(F)F)N(c2ccccc2)S1(=O)=O. The lowest BCUT2D eigenvalue weighted by molar-refractivity contribution is -0.379. The fourth-order valence-corrected chi connectivity index (χ4v) is 4.37. The van der Waals surface area contributed by atoms with E-state index in [2.05, 4.69) is 4.89 Å². The van der Waals surface area contributed by atoms with Crippen LogP contribution in [0.5, 0.6) is 0 Å². The molecule has 0 aliphatic carbocycles. The van der Waals surface area contributed by atoms with Crippen LogP contribution in [0.15, 0.2) is 41.3 Å². The lowest BCUT2D eigenvalue weighted by Crippen LogP contribution is -2.58. The van der Waals surface area contributed by atoms with Crippen LogP contribution in [0.1, 0.15) is 13.8 Å². The van der Waals surface area contributed by atoms with E-state index >= 15 is 0 Å². The van der Waals surface area contributed by atoms with E-state index in [1.807, 2.05) is 0 Å². The van der Waals surface area contributed by atoms with E-state index in [1.54, 1.807) is 0 Å². The number of sulfonamides is 1. The van der Waals surface area contributed by atoms with Gasteiger partial charge in [-0.1, -0.05) is 18.2 Å². The smallest absolute Gasteiger partial charge is 0.385 e. The predicted octanol–water partition coefficient (Wildman–Crippen LogP) is 2.24. The van der Waals surface area contributed by atoms with Gasteiger partial charge in [0, 0.05) is 6.08 Å². The lowest BCUT2D eigenvalue weighted by Gasteiger charge is -2.35. The highest BCUT2D eigenvalue weighted by atomic mass is 32.2. The first-order valence-electron chi connectivity index (χ1n) is 6.33. The molecule has 0 saturated heterocycles. The van der Waals surface area contributed by atoms with Crippen LogP contribution in [-0.2, 0) is 14.9 Å². The van der Waals surface area contributed by atoms with Gasteiger partial charge in [0.25, 0.3) is 10.0 Å². The predicted molar refractivity (Wildman–Crippen MR) is 74.7 cm³/mol. The standard InChI is InChI=1S/C13H14F3NO5S/c1-11(2,18)10-8-12(22-19,13(14,15)16)17(23(10,20)21)9-6-4-3-5-7-9/h3-8,18-19H,1-2H3. The minimum atomic E-state index is -5.31. The molecule has 0 fully saturated rings. The van der Waals surface area contributed by atoms with Crippen molar-refractivity contribution in [1.29, 1.82) is 0 Å². The van der Waals surface area contributed by atoms with Gasteiger partial charge in [-0.2, -0.15) is 18.1 Å². The number of nitrogens with zero attached hydrogens (tertiary/aromatic N) is 1. The van der Waals surface area contributed by atoms with Gasteiger partial charge in [0.1, 0.15) is 0 Å². The molecule has 1 aromatic carbocycles. The Morgan fingerprint density at radius 3 is 2.09 bits per heavy atom. The van der Waals surface area contributed by atoms with Crippen molar-refractivity contribution in [3.05, 3.63) is 41.3 Å². The van der Waals surface area contributed by atoms with Crippen LogP contribution in [0.2, 0.25) is 0 Å². The molecular formula is C13H14F3NO5S. The number of halogens is 3. The first-order valence-corrected chi connectivity index (χ1v) is 7.77. The summed E-state index contributed by atoms with van der Waals surface area (Å²) in [5, 5.41) is 18.9. The Bertz CT molecular complexity index is 724. The van der Waals surface area contributed by atoms with Gasteiger partial charge in [0.05, 0.1) is 16.2 Å². The van der Waals surface area contributed by atoms with Crippen LogP contribution < -0.4 is 4.31 Å². The van der Waals surface area contributed by atoms with E-state index in [-0.39, 0.29) is 16.1 Å². The highest BCUT2D eigenvalue weighted by Gasteiger charge is 2.69. The fraction of sp³-hybridized carbons (Fsp3) is 0.385. The second-order valence-electron chi connectivity index (χ2n) is 5.46. The minimum absolute atomic E-state index is 0.104. The third kappa shape index (κ3) is 2.61. The molecule has 23 heavy (non-hydrogen) atoms. The summed E-state index contributed by atoms with van der Waals surface area (Å²) in [5.74, 6) is 0. The van der Waals surface area contributed by atoms with Crippen molar-refractivity contribution < 1.29 is 36.8 Å². The molecule has 6 nitrogen and oxygen atoms in total. The molecule has 0 saturated carbocycles. The van der Waals surface area contributed by atoms with E-state index < -0.39 is 32.4 Å². The maximum absolute atomic E-state index is 13.5. The number of alkyl halides is 3. The number of rotatable bonds is 3. The molecule has 0 aromatic heterocycles. The number of hydrogen-bond acceptors (Lipinski definition) is 5. The zero-order valence-electron chi connectivity index (χ0n) is 12.1. The van der Waals surface area contributed by atoms with Crippen LogP contribution in [0.4, 0.5) is 18.9 Å². The molecule has 2 rings (SSSR count). The van der Waals surface area contributed by atoms with Crippen LogP contribution >= 0.6 is 0 Å². The molecule has 0 amide bonds. The van der Waals surface area contributed by atoms with Crippen LogP contribution in [-0.4, -0.2) is 36.3 Å². The van der Waals surface area contributed by atoms with Gasteiger partial charge in [0.15, 0.2) is 0 Å². The van der Waals surface area contributed by atoms with Crippen molar-refractivity contribution in [2.75, 3.05) is 4.31 Å². The first-order chi connectivity index (χ1) is 10.4. The van der Waals surface area contributed by atoms with Gasteiger partial charge in [-0.25, -0.2) is 18.0 Å². The molecule has 0 spiro atoms. The topological polar surface area (TPSA) is 87.1 Å². The van der Waals surface area contributed by atoms with Crippen molar-refractivity contribution >= 4 is 15.7 Å². The molecule has 1 aliphatic heterocycles. The van der Waals surface area contributed by atoms with E-state index in [0.29, 0.717) is 0 Å². The number of benzene rings is 1. The molecule has 1 aromatic rings. The Hall–Kier alpha value is -1.62. The van der Waals surface area contributed by atoms with Crippen LogP contribution in [0.3, 0.4) is 0 Å². The zero-order valence-corrected chi connectivity index (χ0v) is 12.9. The van der Waals surface area contributed by atoms with Crippen molar-refractivity contribution in [3.8, 4) is 0 Å². The van der Waals surface area contributed by atoms with E-state index in [1.165, 1.54) is 18.2 Å². The van der Waals surface area contributed by atoms with Crippen LogP contribution in [0.25, 0.3) is 0 Å². The molecule has 0 radical (unpaired) electrons. The minimum Gasteiger partial charge on any atom is -0.385 e. The lowest BCUT2D eigenvalue weighted by atomic mass is 10.1. The summed E-state index contributed by atoms with van der Waals surface area (Å²) in [6, 6.07) is 6.35. The fourth-order valence-electron chi connectivity index (χ4n) is 2.29. The molecule has 1 atom stereocenters. The Kier molecular flexibility index (Phi) is 4.01. The van der Waals surface area contributed by atoms with Crippen molar-refractivity contribution in [1.82, 2.24) is 0 Å². The average Bonchev–Trinajstić information content (AvgIpc) is 2.67. The third-order valence-electron chi connectivity index (χ3n) is 3.29. The third-order valence-corrected chi connectivity index (χ3v) is 5.42. The largest absolute Gasteiger partial charge is 0.445 e. The summed E-state index contributed by atoms with van der Waals surface area (Å²) in [4.78, 5) is 2.70. The molecule has 0 bridgehead atoms. The molecule has 1 aliphatic rings. The molecule has 1 unspecified atom stereocenters. The molecule has 10 heteroatoms. The maximum Gasteiger partial charge on any atom is 0.445 e. The molecule has 2 N–H and O–H groups in total.